The van der Waals surface area contributed by atoms with E-state index in [0.717, 1.165) is 25.7 Å². The van der Waals surface area contributed by atoms with Crippen LogP contribution in [0.2, 0.25) is 0 Å². The van der Waals surface area contributed by atoms with Crippen LogP contribution in [-0.4, -0.2) is 62.2 Å². The van der Waals surface area contributed by atoms with E-state index >= 15 is 0 Å². The number of methoxy groups -OCH3 is 1. The van der Waals surface area contributed by atoms with Crippen molar-refractivity contribution in [3.05, 3.63) is 42.1 Å². The fourth-order valence-electron chi connectivity index (χ4n) is 4.19. The van der Waals surface area contributed by atoms with Crippen molar-refractivity contribution in [1.29, 1.82) is 0 Å². The van der Waals surface area contributed by atoms with Crippen molar-refractivity contribution in [1.82, 2.24) is 9.88 Å². The number of pyridine rings is 1. The Labute approximate surface area is 204 Å². The van der Waals surface area contributed by atoms with Gasteiger partial charge < -0.3 is 24.6 Å². The summed E-state index contributed by atoms with van der Waals surface area (Å²) in [6.07, 6.45) is -1.99. The van der Waals surface area contributed by atoms with Gasteiger partial charge in [0.1, 0.15) is 12.4 Å². The number of carbonyl (C=O) groups excluding carboxylic acids is 1. The summed E-state index contributed by atoms with van der Waals surface area (Å²) in [5, 5.41) is 2.89. The van der Waals surface area contributed by atoms with E-state index in [1.165, 1.54) is 12.3 Å². The summed E-state index contributed by atoms with van der Waals surface area (Å²) in [5.74, 6) is 0.220. The number of ether oxygens (including phenoxy) is 2. The van der Waals surface area contributed by atoms with Gasteiger partial charge in [0, 0.05) is 37.6 Å². The van der Waals surface area contributed by atoms with Crippen LogP contribution in [0.15, 0.2) is 36.5 Å². The highest BCUT2D eigenvalue weighted by molar-refractivity contribution is 5.93. The summed E-state index contributed by atoms with van der Waals surface area (Å²) in [5.41, 5.74) is -0.248. The molecule has 1 aromatic carbocycles. The van der Waals surface area contributed by atoms with Gasteiger partial charge >= 0.3 is 6.18 Å². The molecule has 3 rings (SSSR count). The molecule has 1 fully saturated rings. The predicted molar refractivity (Wildman–Crippen MR) is 129 cm³/mol. The normalized spacial score (nSPS) is 16.3. The maximum absolute atomic E-state index is 13.4. The van der Waals surface area contributed by atoms with Gasteiger partial charge in [-0.1, -0.05) is 13.8 Å². The van der Waals surface area contributed by atoms with Crippen molar-refractivity contribution in [2.75, 3.05) is 56.7 Å². The maximum Gasteiger partial charge on any atom is 0.419 e. The highest BCUT2D eigenvalue weighted by atomic mass is 19.4. The van der Waals surface area contributed by atoms with Gasteiger partial charge in [0.05, 0.1) is 18.6 Å². The largest absolute Gasteiger partial charge is 0.493 e. The van der Waals surface area contributed by atoms with Crippen LogP contribution in [-0.2, 0) is 11.0 Å². The summed E-state index contributed by atoms with van der Waals surface area (Å²) in [6.45, 7) is 7.83. The fourth-order valence-corrected chi connectivity index (χ4v) is 4.19. The van der Waals surface area contributed by atoms with Crippen molar-refractivity contribution in [2.24, 2.45) is 5.92 Å². The minimum Gasteiger partial charge on any atom is -0.493 e. The first-order valence-electron chi connectivity index (χ1n) is 11.9. The van der Waals surface area contributed by atoms with Crippen LogP contribution in [0.1, 0.15) is 32.3 Å². The van der Waals surface area contributed by atoms with Crippen molar-refractivity contribution in [3.63, 3.8) is 0 Å². The lowest BCUT2D eigenvalue weighted by Gasteiger charge is -2.34. The number of nitrogens with zero attached hydrogens (tertiary/aromatic N) is 3. The molecule has 1 aliphatic heterocycles. The Balaban J connectivity index is 1.67. The number of hydrogen-bond acceptors (Lipinski definition) is 6. The van der Waals surface area contributed by atoms with Gasteiger partial charge in [0.2, 0.25) is 5.91 Å². The van der Waals surface area contributed by atoms with Crippen LogP contribution in [0.25, 0.3) is 0 Å². The molecule has 0 aliphatic carbocycles. The lowest BCUT2D eigenvalue weighted by Crippen LogP contribution is -2.42. The second kappa shape index (κ2) is 12.1. The fraction of sp³-hybridized carbons (Fsp3) is 0.520. The molecule has 1 atom stereocenters. The van der Waals surface area contributed by atoms with Gasteiger partial charge in [-0.3, -0.25) is 4.79 Å². The Kier molecular flexibility index (Phi) is 9.20. The number of aromatic nitrogens is 1. The van der Waals surface area contributed by atoms with Crippen LogP contribution >= 0.6 is 0 Å². The molecule has 1 amide bonds. The molecule has 0 saturated carbocycles. The van der Waals surface area contributed by atoms with Crippen molar-refractivity contribution >= 4 is 17.4 Å². The van der Waals surface area contributed by atoms with Crippen LogP contribution in [0.5, 0.6) is 11.5 Å². The van der Waals surface area contributed by atoms with E-state index in [1.807, 2.05) is 0 Å². The van der Waals surface area contributed by atoms with Gasteiger partial charge in [-0.2, -0.15) is 13.2 Å². The Morgan fingerprint density at radius 3 is 2.69 bits per heavy atom. The topological polar surface area (TPSA) is 66.9 Å². The molecule has 2 aromatic rings. The summed E-state index contributed by atoms with van der Waals surface area (Å²) in [7, 11) is 1.55. The second-order valence-electron chi connectivity index (χ2n) is 8.39. The van der Waals surface area contributed by atoms with E-state index < -0.39 is 17.7 Å². The minimum atomic E-state index is -4.51. The number of alkyl halides is 3. The Bertz CT molecular complexity index is 983. The number of anilines is 2. The average Bonchev–Trinajstić information content (AvgIpc) is 2.86. The van der Waals surface area contributed by atoms with Crippen molar-refractivity contribution in [3.8, 4) is 11.5 Å². The lowest BCUT2D eigenvalue weighted by molar-refractivity contribution is -0.137. The van der Waals surface area contributed by atoms with E-state index in [0.29, 0.717) is 43.2 Å². The molecule has 0 bridgehead atoms. The van der Waals surface area contributed by atoms with E-state index in [-0.39, 0.29) is 18.3 Å². The number of likely N-dealkylation sites (N-methyl/N-ethyl adjacent to an activating group) is 1. The number of benzene rings is 1. The summed E-state index contributed by atoms with van der Waals surface area (Å²) in [4.78, 5) is 20.8. The predicted octanol–water partition coefficient (Wildman–Crippen LogP) is 4.68. The van der Waals surface area contributed by atoms with Gasteiger partial charge in [0.25, 0.3) is 0 Å². The summed E-state index contributed by atoms with van der Waals surface area (Å²) >= 11 is 0. The first-order chi connectivity index (χ1) is 16.8. The number of carbonyl (C=O) groups is 1. The molecular weight excluding hydrogens is 461 g/mol. The highest BCUT2D eigenvalue weighted by Gasteiger charge is 2.37. The summed E-state index contributed by atoms with van der Waals surface area (Å²) in [6, 6.07) is 7.44. The van der Waals surface area contributed by atoms with Gasteiger partial charge in [0.15, 0.2) is 11.5 Å². The Morgan fingerprint density at radius 2 is 2.00 bits per heavy atom. The first-order valence-corrected chi connectivity index (χ1v) is 11.9. The monoisotopic (exact) mass is 494 g/mol. The Hall–Kier alpha value is -3.01. The molecule has 1 saturated heterocycles. The van der Waals surface area contributed by atoms with E-state index in [4.69, 9.17) is 9.47 Å². The molecule has 0 radical (unpaired) electrons. The van der Waals surface area contributed by atoms with Crippen molar-refractivity contribution in [2.45, 2.75) is 32.9 Å². The minimum absolute atomic E-state index is 0.133. The third-order valence-electron chi connectivity index (χ3n) is 6.17. The maximum atomic E-state index is 13.4. The molecule has 1 unspecified atom stereocenters. The first kappa shape index (κ1) is 26.6. The van der Waals surface area contributed by atoms with E-state index in [2.05, 4.69) is 29.0 Å². The molecule has 0 spiro atoms. The van der Waals surface area contributed by atoms with Crippen LogP contribution < -0.4 is 19.7 Å². The number of nitrogens with one attached hydrogen (secondary N) is 1. The standard InChI is InChI=1S/C25H33F3N4O3/c1-4-31(5-2)14-15-35-22-16-19(10-11-21(22)34-3)30-24(33)18-8-7-13-32(17-18)23-20(25(26,27)28)9-6-12-29-23/h6,9-12,16,18H,4-5,7-8,13-15,17H2,1-3H3,(H,30,33). The van der Waals surface area contributed by atoms with Gasteiger partial charge in [-0.25, -0.2) is 4.98 Å². The van der Waals surface area contributed by atoms with Crippen LogP contribution in [0.3, 0.4) is 0 Å². The molecule has 1 aromatic heterocycles. The van der Waals surface area contributed by atoms with Crippen LogP contribution in [0, 0.1) is 5.92 Å². The molecule has 10 heteroatoms. The van der Waals surface area contributed by atoms with Crippen LogP contribution in [0.4, 0.5) is 24.7 Å². The molecule has 1 aliphatic rings. The lowest BCUT2D eigenvalue weighted by atomic mass is 9.96. The number of piperidine rings is 1. The zero-order valence-corrected chi connectivity index (χ0v) is 20.4. The highest BCUT2D eigenvalue weighted by Crippen LogP contribution is 2.37. The third-order valence-corrected chi connectivity index (χ3v) is 6.17. The number of hydrogen-bond donors (Lipinski definition) is 1. The van der Waals surface area contributed by atoms with E-state index in [1.54, 1.807) is 30.2 Å². The molecule has 2 heterocycles. The average molecular weight is 495 g/mol. The molecule has 1 N–H and O–H groups in total. The quantitative estimate of drug-likeness (QED) is 0.517. The number of rotatable bonds is 10. The van der Waals surface area contributed by atoms with Gasteiger partial charge in [-0.05, 0) is 50.2 Å². The smallest absolute Gasteiger partial charge is 0.419 e. The second-order valence-corrected chi connectivity index (χ2v) is 8.39. The van der Waals surface area contributed by atoms with Crippen molar-refractivity contribution < 1.29 is 27.4 Å². The number of halogens is 3. The molecule has 7 nitrogen and oxygen atoms in total. The molecular formula is C25H33F3N4O3. The third kappa shape index (κ3) is 7.00. The van der Waals surface area contributed by atoms with Gasteiger partial charge in [-0.15, -0.1) is 0 Å². The number of amides is 1. The molecule has 192 valence electrons. The zero-order valence-electron chi connectivity index (χ0n) is 20.4. The molecule has 35 heavy (non-hydrogen) atoms. The zero-order chi connectivity index (χ0) is 25.4. The Morgan fingerprint density at radius 1 is 1.23 bits per heavy atom. The SMILES string of the molecule is CCN(CC)CCOc1cc(NC(=O)C2CCCN(c3ncccc3C(F)(F)F)C2)ccc1OC. The van der Waals surface area contributed by atoms with E-state index in [9.17, 15) is 18.0 Å². The summed E-state index contributed by atoms with van der Waals surface area (Å²) < 4.78 is 51.6.